The van der Waals surface area contributed by atoms with Crippen molar-refractivity contribution in [2.24, 2.45) is 0 Å². The van der Waals surface area contributed by atoms with E-state index in [0.717, 1.165) is 16.5 Å². The Balaban J connectivity index is 1.36. The molecule has 3 aromatic rings. The summed E-state index contributed by atoms with van der Waals surface area (Å²) in [6, 6.07) is 11.9. The molecule has 1 atom stereocenters. The van der Waals surface area contributed by atoms with Crippen molar-refractivity contribution in [2.75, 3.05) is 11.4 Å². The molecule has 2 aromatic carbocycles. The van der Waals surface area contributed by atoms with Crippen molar-refractivity contribution in [3.63, 3.8) is 0 Å². The number of nitrogens with zero attached hydrogens (tertiary/aromatic N) is 2. The fourth-order valence-electron chi connectivity index (χ4n) is 3.48. The van der Waals surface area contributed by atoms with Crippen LogP contribution in [-0.2, 0) is 16.0 Å². The number of aromatic nitrogens is 2. The van der Waals surface area contributed by atoms with E-state index in [9.17, 15) is 14.4 Å². The molecule has 1 aliphatic heterocycles. The molecule has 4 amide bonds. The average molecular weight is 391 g/mol. The number of carbonyl (C=O) groups excluding carboxylic acids is 3. The third-order valence-corrected chi connectivity index (χ3v) is 4.96. The maximum Gasteiger partial charge on any atom is 0.329 e. The van der Waals surface area contributed by atoms with Crippen LogP contribution in [0.15, 0.2) is 55.0 Å². The number of anilines is 1. The summed E-state index contributed by atoms with van der Waals surface area (Å²) in [6.45, 7) is 0.480. The van der Waals surface area contributed by atoms with Gasteiger partial charge in [0.15, 0.2) is 0 Å². The number of imidazole rings is 1. The van der Waals surface area contributed by atoms with E-state index < -0.39 is 12.1 Å². The number of rotatable bonds is 7. The molecule has 3 N–H and O–H groups in total. The zero-order chi connectivity index (χ0) is 20.2. The molecule has 0 radical (unpaired) electrons. The first-order chi connectivity index (χ1) is 14.1. The summed E-state index contributed by atoms with van der Waals surface area (Å²) in [5.74, 6) is -0.494. The lowest BCUT2D eigenvalue weighted by atomic mass is 10.1. The van der Waals surface area contributed by atoms with Crippen LogP contribution in [0, 0.1) is 0 Å². The predicted molar refractivity (Wildman–Crippen MR) is 108 cm³/mol. The molecule has 8 heteroatoms. The molecule has 1 unspecified atom stereocenters. The van der Waals surface area contributed by atoms with Gasteiger partial charge in [-0.15, -0.1) is 0 Å². The van der Waals surface area contributed by atoms with E-state index in [4.69, 9.17) is 0 Å². The number of fused-ring (bicyclic) bond motifs is 1. The Morgan fingerprint density at radius 2 is 1.97 bits per heavy atom. The second kappa shape index (κ2) is 8.14. The molecule has 0 bridgehead atoms. The number of aromatic amines is 1. The maximum atomic E-state index is 12.8. The second-order valence-corrected chi connectivity index (χ2v) is 6.89. The Hall–Kier alpha value is -3.68. The Morgan fingerprint density at radius 3 is 2.79 bits per heavy atom. The topological polar surface area (TPSA) is 107 Å². The van der Waals surface area contributed by atoms with Gasteiger partial charge in [0.05, 0.1) is 12.0 Å². The molecule has 1 fully saturated rings. The third-order valence-electron chi connectivity index (χ3n) is 4.96. The summed E-state index contributed by atoms with van der Waals surface area (Å²) >= 11 is 0. The van der Waals surface area contributed by atoms with Gasteiger partial charge in [0.1, 0.15) is 6.04 Å². The standard InChI is InChI=1S/C21H21N5O3/c27-19(23-11-10-15-12-22-13-24-15)9-8-17-20(28)26(21(29)25-17)18-7-3-5-14-4-1-2-6-16(14)18/h1-7,12-13,17H,8-11H2,(H,22,24)(H,23,27)(H,25,29). The number of carbonyl (C=O) groups is 3. The molecule has 4 rings (SSSR count). The van der Waals surface area contributed by atoms with E-state index >= 15 is 0 Å². The van der Waals surface area contributed by atoms with E-state index in [0.29, 0.717) is 18.7 Å². The van der Waals surface area contributed by atoms with Crippen LogP contribution in [0.1, 0.15) is 18.5 Å². The molecule has 1 saturated heterocycles. The fraction of sp³-hybridized carbons (Fsp3) is 0.238. The Bertz CT molecular complexity index is 1040. The van der Waals surface area contributed by atoms with E-state index in [1.165, 1.54) is 4.90 Å². The van der Waals surface area contributed by atoms with Gasteiger partial charge in [0.25, 0.3) is 5.91 Å². The van der Waals surface area contributed by atoms with Gasteiger partial charge in [0, 0.05) is 36.7 Å². The second-order valence-electron chi connectivity index (χ2n) is 6.89. The quantitative estimate of drug-likeness (QED) is 0.536. The number of hydrogen-bond acceptors (Lipinski definition) is 4. The van der Waals surface area contributed by atoms with Crippen LogP contribution in [0.2, 0.25) is 0 Å². The Morgan fingerprint density at radius 1 is 1.14 bits per heavy atom. The van der Waals surface area contributed by atoms with Crippen LogP contribution in [0.25, 0.3) is 10.8 Å². The molecular formula is C21H21N5O3. The number of benzene rings is 2. The van der Waals surface area contributed by atoms with Crippen molar-refractivity contribution in [1.29, 1.82) is 0 Å². The first-order valence-electron chi connectivity index (χ1n) is 9.49. The van der Waals surface area contributed by atoms with Gasteiger partial charge in [-0.2, -0.15) is 0 Å². The van der Waals surface area contributed by atoms with Gasteiger partial charge in [-0.1, -0.05) is 36.4 Å². The van der Waals surface area contributed by atoms with E-state index in [1.807, 2.05) is 36.4 Å². The fourth-order valence-corrected chi connectivity index (χ4v) is 3.48. The van der Waals surface area contributed by atoms with Crippen molar-refractivity contribution in [2.45, 2.75) is 25.3 Å². The van der Waals surface area contributed by atoms with Gasteiger partial charge >= 0.3 is 6.03 Å². The van der Waals surface area contributed by atoms with Crippen molar-refractivity contribution < 1.29 is 14.4 Å². The van der Waals surface area contributed by atoms with Crippen molar-refractivity contribution in [3.05, 3.63) is 60.7 Å². The highest BCUT2D eigenvalue weighted by Crippen LogP contribution is 2.29. The van der Waals surface area contributed by atoms with Crippen LogP contribution in [0.3, 0.4) is 0 Å². The normalized spacial score (nSPS) is 16.3. The third kappa shape index (κ3) is 3.96. The summed E-state index contributed by atoms with van der Waals surface area (Å²) in [4.78, 5) is 45.4. The van der Waals surface area contributed by atoms with Crippen LogP contribution in [0.5, 0.6) is 0 Å². The minimum atomic E-state index is -0.708. The molecule has 148 valence electrons. The van der Waals surface area contributed by atoms with E-state index in [-0.39, 0.29) is 24.7 Å². The smallest absolute Gasteiger partial charge is 0.329 e. The van der Waals surface area contributed by atoms with Gasteiger partial charge in [-0.25, -0.2) is 14.7 Å². The molecule has 1 aromatic heterocycles. The molecule has 2 heterocycles. The lowest BCUT2D eigenvalue weighted by Crippen LogP contribution is -2.33. The van der Waals surface area contributed by atoms with Crippen molar-refractivity contribution in [3.8, 4) is 0 Å². The number of urea groups is 1. The van der Waals surface area contributed by atoms with Crippen LogP contribution >= 0.6 is 0 Å². The Labute approximate surface area is 167 Å². The molecular weight excluding hydrogens is 370 g/mol. The molecule has 29 heavy (non-hydrogen) atoms. The lowest BCUT2D eigenvalue weighted by Gasteiger charge is -2.15. The number of amides is 4. The van der Waals surface area contributed by atoms with Crippen molar-refractivity contribution in [1.82, 2.24) is 20.6 Å². The zero-order valence-electron chi connectivity index (χ0n) is 15.7. The first-order valence-corrected chi connectivity index (χ1v) is 9.49. The van der Waals surface area contributed by atoms with Gasteiger partial charge in [0.2, 0.25) is 5.91 Å². The first kappa shape index (κ1) is 18.7. The number of hydrogen-bond donors (Lipinski definition) is 3. The minimum Gasteiger partial charge on any atom is -0.356 e. The summed E-state index contributed by atoms with van der Waals surface area (Å²) < 4.78 is 0. The summed E-state index contributed by atoms with van der Waals surface area (Å²) in [6.07, 6.45) is 4.36. The number of nitrogens with one attached hydrogen (secondary N) is 3. The largest absolute Gasteiger partial charge is 0.356 e. The highest BCUT2D eigenvalue weighted by molar-refractivity contribution is 6.24. The van der Waals surface area contributed by atoms with Gasteiger partial charge in [-0.05, 0) is 17.9 Å². The lowest BCUT2D eigenvalue weighted by molar-refractivity contribution is -0.121. The molecule has 0 spiro atoms. The average Bonchev–Trinajstić information content (AvgIpc) is 3.34. The molecule has 0 saturated carbocycles. The van der Waals surface area contributed by atoms with Crippen LogP contribution < -0.4 is 15.5 Å². The van der Waals surface area contributed by atoms with Gasteiger partial charge in [-0.3, -0.25) is 9.59 Å². The van der Waals surface area contributed by atoms with E-state index in [2.05, 4.69) is 20.6 Å². The molecule has 0 aliphatic carbocycles. The van der Waals surface area contributed by atoms with Crippen molar-refractivity contribution >= 4 is 34.3 Å². The Kier molecular flexibility index (Phi) is 5.24. The summed E-state index contributed by atoms with van der Waals surface area (Å²) in [5.41, 5.74) is 1.49. The maximum absolute atomic E-state index is 12.8. The summed E-state index contributed by atoms with van der Waals surface area (Å²) in [7, 11) is 0. The highest BCUT2D eigenvalue weighted by Gasteiger charge is 2.39. The number of H-pyrrole nitrogens is 1. The van der Waals surface area contributed by atoms with Gasteiger partial charge < -0.3 is 15.6 Å². The van der Waals surface area contributed by atoms with E-state index in [1.54, 1.807) is 18.6 Å². The monoisotopic (exact) mass is 391 g/mol. The molecule has 1 aliphatic rings. The number of imide groups is 1. The predicted octanol–water partition coefficient (Wildman–Crippen LogP) is 2.13. The summed E-state index contributed by atoms with van der Waals surface area (Å²) in [5, 5.41) is 7.29. The zero-order valence-corrected chi connectivity index (χ0v) is 15.7. The van der Waals surface area contributed by atoms with Crippen LogP contribution in [-0.4, -0.2) is 40.4 Å². The van der Waals surface area contributed by atoms with Crippen LogP contribution in [0.4, 0.5) is 10.5 Å². The SMILES string of the molecule is O=C(CCC1NC(=O)N(c2cccc3ccccc23)C1=O)NCCc1cnc[nH]1. The highest BCUT2D eigenvalue weighted by atomic mass is 16.2. The minimum absolute atomic E-state index is 0.156. The molecule has 8 nitrogen and oxygen atoms in total.